The normalized spacial score (nSPS) is 14.3. The number of allylic oxidation sites excluding steroid dienone is 4. The molecule has 0 saturated heterocycles. The number of carbonyl (C=O) groups is 3. The fraction of sp³-hybridized carbons (Fsp3) is 0.100. The van der Waals surface area contributed by atoms with Gasteiger partial charge in [0.2, 0.25) is 5.91 Å². The molecule has 0 aromatic heterocycles. The molecule has 0 unspecified atom stereocenters. The fourth-order valence-electron chi connectivity index (χ4n) is 5.15. The lowest BCUT2D eigenvalue weighted by atomic mass is 9.99. The minimum absolute atomic E-state index is 0.0437. The highest BCUT2D eigenvalue weighted by molar-refractivity contribution is 8.14. The number of halogens is 4. The number of aliphatic imine (C=N–C) groups is 1. The molecule has 0 aliphatic carbocycles. The Bertz CT molecular complexity index is 2060. The molecule has 0 radical (unpaired) electrons. The van der Waals surface area contributed by atoms with Crippen molar-refractivity contribution in [2.24, 2.45) is 4.99 Å². The predicted molar refractivity (Wildman–Crippen MR) is 213 cm³/mol. The first-order chi connectivity index (χ1) is 25.1. The third kappa shape index (κ3) is 9.64. The topological polar surface area (TPSA) is 88.1 Å². The van der Waals surface area contributed by atoms with E-state index in [0.717, 1.165) is 28.5 Å². The molecule has 0 spiro atoms. The summed E-state index contributed by atoms with van der Waals surface area (Å²) < 4.78 is 5.86. The summed E-state index contributed by atoms with van der Waals surface area (Å²) in [5.74, 6) is -1.67. The number of ether oxygens (including phenoxy) is 1. The second kappa shape index (κ2) is 18.3. The number of hydrogen-bond donors (Lipinski definition) is 1. The van der Waals surface area contributed by atoms with E-state index in [-0.39, 0.29) is 44.8 Å². The molecule has 0 bridgehead atoms. The Hall–Kier alpha value is -4.57. The van der Waals surface area contributed by atoms with E-state index in [1.54, 1.807) is 49.4 Å². The van der Waals surface area contributed by atoms with E-state index >= 15 is 0 Å². The molecule has 0 atom stereocenters. The van der Waals surface area contributed by atoms with E-state index in [1.807, 2.05) is 60.7 Å². The van der Waals surface area contributed by atoms with E-state index in [9.17, 15) is 14.4 Å². The number of nitrogens with one attached hydrogen (secondary N) is 1. The number of carbonyl (C=O) groups excluding carboxylic acids is 3. The lowest BCUT2D eigenvalue weighted by Gasteiger charge is -2.28. The van der Waals surface area contributed by atoms with Gasteiger partial charge in [-0.1, -0.05) is 150 Å². The Morgan fingerprint density at radius 1 is 0.904 bits per heavy atom. The molecular formula is C40H31Cl4N3O4S. The quantitative estimate of drug-likeness (QED) is 0.0877. The Morgan fingerprint density at radius 2 is 1.54 bits per heavy atom. The maximum Gasteiger partial charge on any atom is 0.285 e. The third-order valence-electron chi connectivity index (χ3n) is 7.61. The largest absolute Gasteiger partial charge is 0.486 e. The Balaban J connectivity index is 1.39. The molecule has 5 rings (SSSR count). The minimum atomic E-state index is -0.786. The number of amides is 3. The number of rotatable bonds is 12. The molecule has 0 saturated carbocycles. The van der Waals surface area contributed by atoms with E-state index in [2.05, 4.69) is 16.9 Å². The highest BCUT2D eigenvalue weighted by atomic mass is 35.5. The lowest BCUT2D eigenvalue weighted by molar-refractivity contribution is -0.126. The van der Waals surface area contributed by atoms with Crippen LogP contribution in [0.4, 0.5) is 0 Å². The van der Waals surface area contributed by atoms with Crippen LogP contribution in [-0.2, 0) is 21.0 Å². The van der Waals surface area contributed by atoms with Crippen molar-refractivity contribution >= 4 is 87.1 Å². The third-order valence-corrected chi connectivity index (χ3v) is 9.85. The molecule has 1 aliphatic rings. The molecule has 52 heavy (non-hydrogen) atoms. The average Bonchev–Trinajstić information content (AvgIpc) is 3.14. The Kier molecular flexibility index (Phi) is 13.6. The number of hydrogen-bond acceptors (Lipinski definition) is 5. The van der Waals surface area contributed by atoms with Gasteiger partial charge in [0.15, 0.2) is 10.9 Å². The molecule has 7 nitrogen and oxygen atoms in total. The molecule has 4 aromatic carbocycles. The zero-order valence-corrected chi connectivity index (χ0v) is 31.5. The van der Waals surface area contributed by atoms with Crippen LogP contribution in [0.25, 0.3) is 6.08 Å². The van der Waals surface area contributed by atoms with E-state index in [4.69, 9.17) is 51.1 Å². The van der Waals surface area contributed by atoms with Gasteiger partial charge in [-0.25, -0.2) is 0 Å². The summed E-state index contributed by atoms with van der Waals surface area (Å²) in [5, 5.41) is 4.24. The molecular weight excluding hydrogens is 760 g/mol. The summed E-state index contributed by atoms with van der Waals surface area (Å²) in [6.45, 7) is 5.57. The van der Waals surface area contributed by atoms with Crippen molar-refractivity contribution in [3.05, 3.63) is 175 Å². The van der Waals surface area contributed by atoms with Crippen molar-refractivity contribution in [2.75, 3.05) is 5.75 Å². The smallest absolute Gasteiger partial charge is 0.285 e. The van der Waals surface area contributed by atoms with Gasteiger partial charge in [-0.2, -0.15) is 4.99 Å². The first-order valence-corrected chi connectivity index (χ1v) is 18.3. The van der Waals surface area contributed by atoms with E-state index in [1.165, 1.54) is 23.1 Å². The Labute approximate surface area is 326 Å². The van der Waals surface area contributed by atoms with E-state index < -0.39 is 17.9 Å². The van der Waals surface area contributed by atoms with Crippen LogP contribution in [-0.4, -0.2) is 33.5 Å². The molecule has 264 valence electrons. The molecule has 1 heterocycles. The summed E-state index contributed by atoms with van der Waals surface area (Å²) in [6.07, 6.45) is 7.92. The van der Waals surface area contributed by atoms with Gasteiger partial charge >= 0.3 is 0 Å². The van der Waals surface area contributed by atoms with Crippen molar-refractivity contribution in [2.45, 2.75) is 19.6 Å². The summed E-state index contributed by atoms with van der Waals surface area (Å²) in [4.78, 5) is 46.5. The SMILES string of the molecule is C=C/C=C\C(=C/C)N1C(=O)/C(=C/c2cc(Cl)c(OCc3ccc(Cl)c(Cl)c3)c(Cl)c2)C(=O)N=C1SCC(=O)NC(c1ccccc1)c1ccccc1. The van der Waals surface area contributed by atoms with Crippen molar-refractivity contribution < 1.29 is 19.1 Å². The average molecular weight is 792 g/mol. The molecule has 12 heteroatoms. The molecule has 1 N–H and O–H groups in total. The monoisotopic (exact) mass is 789 g/mol. The maximum atomic E-state index is 14.1. The molecule has 0 fully saturated rings. The van der Waals surface area contributed by atoms with Gasteiger partial charge in [-0.15, -0.1) is 0 Å². The standard InChI is InChI=1S/C40H31Cl4N3O4S/c1-3-5-16-29(4-2)47-39(50)30(19-26-21-33(43)37(34(44)22-26)51-23-25-17-18-31(41)32(42)20-25)38(49)46-40(47)52-24-35(48)45-36(27-12-8-6-9-13-27)28-14-10-7-11-15-28/h3-22,36H,1,23-24H2,2H3,(H,45,48)/b16-5-,29-4+,30-19+. The second-order valence-corrected chi connectivity index (χ2v) is 13.7. The second-order valence-electron chi connectivity index (χ2n) is 11.2. The van der Waals surface area contributed by atoms with Crippen molar-refractivity contribution in [1.82, 2.24) is 10.2 Å². The first kappa shape index (κ1) is 38.7. The molecule has 4 aromatic rings. The highest BCUT2D eigenvalue weighted by Gasteiger charge is 2.35. The van der Waals surface area contributed by atoms with Gasteiger partial charge < -0.3 is 10.1 Å². The lowest BCUT2D eigenvalue weighted by Crippen LogP contribution is -2.42. The number of thioether (sulfide) groups is 1. The van der Waals surface area contributed by atoms with Crippen LogP contribution in [0, 0.1) is 0 Å². The van der Waals surface area contributed by atoms with E-state index in [0.29, 0.717) is 21.3 Å². The number of nitrogens with zero attached hydrogens (tertiary/aromatic N) is 2. The first-order valence-electron chi connectivity index (χ1n) is 15.8. The zero-order valence-electron chi connectivity index (χ0n) is 27.7. The van der Waals surface area contributed by atoms with Gasteiger partial charge in [-0.05, 0) is 65.6 Å². The summed E-state index contributed by atoms with van der Waals surface area (Å²) in [5.41, 5.74) is 3.11. The van der Waals surface area contributed by atoms with Crippen LogP contribution in [0.2, 0.25) is 20.1 Å². The van der Waals surface area contributed by atoms with Crippen LogP contribution in [0.1, 0.15) is 35.2 Å². The highest BCUT2D eigenvalue weighted by Crippen LogP contribution is 2.36. The summed E-state index contributed by atoms with van der Waals surface area (Å²) in [7, 11) is 0. The van der Waals surface area contributed by atoms with Crippen LogP contribution >= 0.6 is 58.2 Å². The number of amidine groups is 1. The summed E-state index contributed by atoms with van der Waals surface area (Å²) in [6, 6.07) is 26.9. The number of benzene rings is 4. The van der Waals surface area contributed by atoms with Crippen molar-refractivity contribution in [1.29, 1.82) is 0 Å². The van der Waals surface area contributed by atoms with Crippen molar-refractivity contribution in [3.63, 3.8) is 0 Å². The maximum absolute atomic E-state index is 14.1. The minimum Gasteiger partial charge on any atom is -0.486 e. The Morgan fingerprint density at radius 3 is 2.12 bits per heavy atom. The van der Waals surface area contributed by atoms with Gasteiger partial charge in [-0.3, -0.25) is 19.3 Å². The molecule has 1 aliphatic heterocycles. The van der Waals surface area contributed by atoms with Crippen LogP contribution in [0.3, 0.4) is 0 Å². The predicted octanol–water partition coefficient (Wildman–Crippen LogP) is 10.3. The van der Waals surface area contributed by atoms with Gasteiger partial charge in [0.1, 0.15) is 12.2 Å². The van der Waals surface area contributed by atoms with Gasteiger partial charge in [0.05, 0.1) is 31.9 Å². The zero-order chi connectivity index (χ0) is 37.2. The summed E-state index contributed by atoms with van der Waals surface area (Å²) >= 11 is 26.2. The van der Waals surface area contributed by atoms with Crippen LogP contribution in [0.5, 0.6) is 5.75 Å². The fourth-order valence-corrected chi connectivity index (χ4v) is 6.89. The van der Waals surface area contributed by atoms with Crippen LogP contribution < -0.4 is 10.1 Å². The molecule has 3 amide bonds. The van der Waals surface area contributed by atoms with Crippen LogP contribution in [0.15, 0.2) is 138 Å². The van der Waals surface area contributed by atoms with Gasteiger partial charge in [0, 0.05) is 5.70 Å². The van der Waals surface area contributed by atoms with Crippen molar-refractivity contribution in [3.8, 4) is 5.75 Å². The van der Waals surface area contributed by atoms with Gasteiger partial charge in [0.25, 0.3) is 11.8 Å².